The van der Waals surface area contributed by atoms with Crippen LogP contribution >= 0.6 is 0 Å². The summed E-state index contributed by atoms with van der Waals surface area (Å²) in [6.45, 7) is 10.2. The number of hydrogen-bond donors (Lipinski definition) is 1. The number of nitrogens with one attached hydrogen (secondary N) is 1. The van der Waals surface area contributed by atoms with Crippen LogP contribution in [0.5, 0.6) is 0 Å². The maximum absolute atomic E-state index is 11.6. The second-order valence-corrected chi connectivity index (χ2v) is 4.59. The van der Waals surface area contributed by atoms with Crippen LogP contribution in [0, 0.1) is 12.8 Å². The summed E-state index contributed by atoms with van der Waals surface area (Å²) >= 11 is 0. The molecule has 0 aliphatic rings. The van der Waals surface area contributed by atoms with Gasteiger partial charge in [0, 0.05) is 12.2 Å². The Morgan fingerprint density at radius 1 is 1.44 bits per heavy atom. The number of aryl methyl sites for hydroxylation is 1. The maximum Gasteiger partial charge on any atom is 0.341 e. The van der Waals surface area contributed by atoms with Crippen molar-refractivity contribution >= 4 is 11.9 Å². The van der Waals surface area contributed by atoms with Crippen molar-refractivity contribution in [1.29, 1.82) is 0 Å². The van der Waals surface area contributed by atoms with Gasteiger partial charge in [-0.05, 0) is 26.7 Å². The van der Waals surface area contributed by atoms with Gasteiger partial charge in [-0.1, -0.05) is 13.8 Å². The van der Waals surface area contributed by atoms with Gasteiger partial charge in [-0.15, -0.1) is 0 Å². The lowest BCUT2D eigenvalue weighted by Gasteiger charge is -2.17. The summed E-state index contributed by atoms with van der Waals surface area (Å²) in [5, 5.41) is 3.21. The third-order valence-electron chi connectivity index (χ3n) is 2.83. The molecule has 0 radical (unpaired) electrons. The van der Waals surface area contributed by atoms with Gasteiger partial charge in [0.15, 0.2) is 0 Å². The normalized spacial score (nSPS) is 12.3. The fraction of sp³-hybridized carbons (Fsp3) is 0.615. The zero-order valence-corrected chi connectivity index (χ0v) is 11.7. The number of anilines is 1. The quantitative estimate of drug-likeness (QED) is 0.814. The van der Waals surface area contributed by atoms with Crippen LogP contribution in [0.1, 0.15) is 43.7 Å². The Balaban J connectivity index is 2.82. The van der Waals surface area contributed by atoms with Crippen LogP contribution in [0.3, 0.4) is 0 Å². The third kappa shape index (κ3) is 3.68. The number of carbonyl (C=O) groups excluding carboxylic acids is 1. The molecule has 1 atom stereocenters. The smallest absolute Gasteiger partial charge is 0.341 e. The topological polar surface area (TPSA) is 64.1 Å². The first-order valence-electron chi connectivity index (χ1n) is 6.23. The van der Waals surface area contributed by atoms with Crippen molar-refractivity contribution in [2.75, 3.05) is 11.9 Å². The summed E-state index contributed by atoms with van der Waals surface area (Å²) in [6, 6.07) is 0.276. The zero-order valence-electron chi connectivity index (χ0n) is 11.7. The molecule has 0 fully saturated rings. The lowest BCUT2D eigenvalue weighted by atomic mass is 10.1. The van der Waals surface area contributed by atoms with Gasteiger partial charge in [-0.25, -0.2) is 14.8 Å². The molecule has 5 nitrogen and oxygen atoms in total. The number of carbonyl (C=O) groups is 1. The Morgan fingerprint density at radius 2 is 2.11 bits per heavy atom. The van der Waals surface area contributed by atoms with E-state index in [-0.39, 0.29) is 12.0 Å². The first kappa shape index (κ1) is 14.4. The first-order valence-corrected chi connectivity index (χ1v) is 6.23. The summed E-state index contributed by atoms with van der Waals surface area (Å²) in [5.41, 5.74) is 1.04. The number of rotatable bonds is 5. The second kappa shape index (κ2) is 6.33. The van der Waals surface area contributed by atoms with Gasteiger partial charge in [-0.3, -0.25) is 0 Å². The molecule has 1 unspecified atom stereocenters. The first-order chi connectivity index (χ1) is 8.45. The minimum absolute atomic E-state index is 0.276. The molecular weight excluding hydrogens is 230 g/mol. The van der Waals surface area contributed by atoms with Crippen LogP contribution in [-0.4, -0.2) is 28.6 Å². The zero-order chi connectivity index (χ0) is 13.7. The third-order valence-corrected chi connectivity index (χ3v) is 2.83. The van der Waals surface area contributed by atoms with E-state index in [1.54, 1.807) is 13.8 Å². The van der Waals surface area contributed by atoms with Gasteiger partial charge < -0.3 is 10.1 Å². The van der Waals surface area contributed by atoms with Crippen LogP contribution in [0.4, 0.5) is 5.95 Å². The number of aromatic nitrogens is 2. The van der Waals surface area contributed by atoms with Crippen LogP contribution in [0.15, 0.2) is 6.20 Å². The van der Waals surface area contributed by atoms with E-state index in [4.69, 9.17) is 4.74 Å². The van der Waals surface area contributed by atoms with Crippen molar-refractivity contribution in [1.82, 2.24) is 9.97 Å². The van der Waals surface area contributed by atoms with Crippen molar-refractivity contribution in [3.63, 3.8) is 0 Å². The van der Waals surface area contributed by atoms with E-state index in [2.05, 4.69) is 36.1 Å². The highest BCUT2D eigenvalue weighted by Gasteiger charge is 2.14. The Morgan fingerprint density at radius 3 is 2.61 bits per heavy atom. The predicted octanol–water partition coefficient (Wildman–Crippen LogP) is 2.42. The largest absolute Gasteiger partial charge is 0.462 e. The van der Waals surface area contributed by atoms with E-state index in [1.807, 2.05) is 0 Å². The van der Waals surface area contributed by atoms with Crippen molar-refractivity contribution in [3.8, 4) is 0 Å². The average Bonchev–Trinajstić information content (AvgIpc) is 2.29. The van der Waals surface area contributed by atoms with Gasteiger partial charge in [0.2, 0.25) is 5.95 Å². The monoisotopic (exact) mass is 251 g/mol. The van der Waals surface area contributed by atoms with Gasteiger partial charge in [0.1, 0.15) is 0 Å². The second-order valence-electron chi connectivity index (χ2n) is 4.59. The van der Waals surface area contributed by atoms with Crippen LogP contribution in [-0.2, 0) is 4.74 Å². The molecule has 0 amide bonds. The van der Waals surface area contributed by atoms with E-state index in [0.29, 0.717) is 29.7 Å². The molecule has 1 heterocycles. The van der Waals surface area contributed by atoms with Crippen LogP contribution in [0.25, 0.3) is 0 Å². The van der Waals surface area contributed by atoms with E-state index in [1.165, 1.54) is 6.20 Å². The Kier molecular flexibility index (Phi) is 5.07. The number of nitrogens with zero attached hydrogens (tertiary/aromatic N) is 2. The average molecular weight is 251 g/mol. The Hall–Kier alpha value is -1.65. The van der Waals surface area contributed by atoms with Gasteiger partial charge >= 0.3 is 5.97 Å². The molecular formula is C13H21N3O2. The lowest BCUT2D eigenvalue weighted by Crippen LogP contribution is -2.23. The summed E-state index contributed by atoms with van der Waals surface area (Å²) < 4.78 is 4.93. The van der Waals surface area contributed by atoms with Crippen molar-refractivity contribution < 1.29 is 9.53 Å². The molecule has 18 heavy (non-hydrogen) atoms. The molecule has 0 bridgehead atoms. The summed E-state index contributed by atoms with van der Waals surface area (Å²) in [6.07, 6.45) is 1.51. The highest BCUT2D eigenvalue weighted by molar-refractivity contribution is 5.90. The molecule has 0 aliphatic heterocycles. The molecule has 1 aromatic rings. The van der Waals surface area contributed by atoms with Crippen molar-refractivity contribution in [2.45, 2.75) is 40.7 Å². The molecule has 0 saturated heterocycles. The highest BCUT2D eigenvalue weighted by Crippen LogP contribution is 2.11. The lowest BCUT2D eigenvalue weighted by molar-refractivity contribution is 0.0524. The predicted molar refractivity (Wildman–Crippen MR) is 70.6 cm³/mol. The fourth-order valence-electron chi connectivity index (χ4n) is 1.32. The minimum atomic E-state index is -0.376. The fourth-order valence-corrected chi connectivity index (χ4v) is 1.32. The standard InChI is InChI=1S/C13H21N3O2/c1-6-18-12(17)11-7-14-13(16-10(11)5)15-9(4)8(2)3/h7-9H,6H2,1-5H3,(H,14,15,16). The van der Waals surface area contributed by atoms with E-state index >= 15 is 0 Å². The molecule has 0 spiro atoms. The summed E-state index contributed by atoms with van der Waals surface area (Å²) in [4.78, 5) is 20.0. The van der Waals surface area contributed by atoms with E-state index in [9.17, 15) is 4.79 Å². The summed E-state index contributed by atoms with van der Waals surface area (Å²) in [5.74, 6) is 0.652. The van der Waals surface area contributed by atoms with Crippen molar-refractivity contribution in [2.24, 2.45) is 5.92 Å². The van der Waals surface area contributed by atoms with Crippen LogP contribution < -0.4 is 5.32 Å². The molecule has 100 valence electrons. The molecule has 0 aliphatic carbocycles. The number of esters is 1. The molecule has 0 saturated carbocycles. The SMILES string of the molecule is CCOC(=O)c1cnc(NC(C)C(C)C)nc1C. The van der Waals surface area contributed by atoms with E-state index < -0.39 is 0 Å². The molecule has 0 aromatic carbocycles. The molecule has 1 aromatic heterocycles. The number of hydrogen-bond acceptors (Lipinski definition) is 5. The molecule has 1 rings (SSSR count). The number of ether oxygens (including phenoxy) is 1. The Bertz CT molecular complexity index is 419. The van der Waals surface area contributed by atoms with Crippen molar-refractivity contribution in [3.05, 3.63) is 17.5 Å². The van der Waals surface area contributed by atoms with Gasteiger partial charge in [0.05, 0.1) is 17.9 Å². The van der Waals surface area contributed by atoms with Crippen LogP contribution in [0.2, 0.25) is 0 Å². The molecule has 1 N–H and O–H groups in total. The Labute approximate surface area is 108 Å². The van der Waals surface area contributed by atoms with E-state index in [0.717, 1.165) is 0 Å². The summed E-state index contributed by atoms with van der Waals surface area (Å²) in [7, 11) is 0. The maximum atomic E-state index is 11.6. The van der Waals surface area contributed by atoms with Gasteiger partial charge in [-0.2, -0.15) is 0 Å². The minimum Gasteiger partial charge on any atom is -0.462 e. The van der Waals surface area contributed by atoms with Gasteiger partial charge in [0.25, 0.3) is 0 Å². The molecule has 5 heteroatoms. The highest BCUT2D eigenvalue weighted by atomic mass is 16.5.